The van der Waals surface area contributed by atoms with E-state index in [1.54, 1.807) is 16.5 Å². The minimum atomic E-state index is 0.475. The van der Waals surface area contributed by atoms with E-state index >= 15 is 0 Å². The molecule has 0 bridgehead atoms. The van der Waals surface area contributed by atoms with Crippen LogP contribution in [0.4, 0.5) is 0 Å². The molecule has 0 saturated carbocycles. The molecule has 0 fully saturated rings. The van der Waals surface area contributed by atoms with Gasteiger partial charge in [-0.25, -0.2) is 4.98 Å². The van der Waals surface area contributed by atoms with Gasteiger partial charge in [-0.05, 0) is 26.0 Å². The van der Waals surface area contributed by atoms with Crippen molar-refractivity contribution in [2.75, 3.05) is 0 Å². The zero-order valence-corrected chi connectivity index (χ0v) is 11.8. The standard InChI is InChI=1S/C17H13N3O/c1-11-3-5-13(6-4-11)17-15(10-21)20-12(2)14(9-18)7-8-16(20)19-17/h3-8,10H,1-2H3. The molecule has 21 heavy (non-hydrogen) atoms. The Balaban J connectivity index is 2.35. The molecule has 1 aromatic carbocycles. The molecule has 0 saturated heterocycles. The number of aldehydes is 1. The summed E-state index contributed by atoms with van der Waals surface area (Å²) in [5, 5.41) is 9.12. The van der Waals surface area contributed by atoms with E-state index in [-0.39, 0.29) is 0 Å². The summed E-state index contributed by atoms with van der Waals surface area (Å²) in [6.45, 7) is 3.83. The Labute approximate surface area is 122 Å². The van der Waals surface area contributed by atoms with E-state index in [0.29, 0.717) is 22.6 Å². The largest absolute Gasteiger partial charge is 0.296 e. The topological polar surface area (TPSA) is 58.2 Å². The van der Waals surface area contributed by atoms with Crippen LogP contribution < -0.4 is 0 Å². The van der Waals surface area contributed by atoms with Crippen molar-refractivity contribution in [1.82, 2.24) is 9.38 Å². The second-order valence-corrected chi connectivity index (χ2v) is 4.97. The van der Waals surface area contributed by atoms with Crippen LogP contribution in [0.1, 0.15) is 27.3 Å². The lowest BCUT2D eigenvalue weighted by atomic mass is 10.1. The smallest absolute Gasteiger partial charge is 0.169 e. The summed E-state index contributed by atoms with van der Waals surface area (Å²) in [4.78, 5) is 16.1. The number of benzene rings is 1. The molecule has 2 heterocycles. The number of hydrogen-bond acceptors (Lipinski definition) is 3. The highest BCUT2D eigenvalue weighted by molar-refractivity contribution is 5.86. The predicted octanol–water partition coefficient (Wildman–Crippen LogP) is 3.30. The molecule has 0 radical (unpaired) electrons. The first-order valence-electron chi connectivity index (χ1n) is 6.60. The number of nitriles is 1. The van der Waals surface area contributed by atoms with E-state index in [2.05, 4.69) is 11.1 Å². The molecule has 4 nitrogen and oxygen atoms in total. The predicted molar refractivity (Wildman–Crippen MR) is 80.2 cm³/mol. The van der Waals surface area contributed by atoms with E-state index in [1.165, 1.54) is 0 Å². The Kier molecular flexibility index (Phi) is 3.03. The van der Waals surface area contributed by atoms with Crippen LogP contribution in [-0.4, -0.2) is 15.7 Å². The molecule has 4 heteroatoms. The van der Waals surface area contributed by atoms with Gasteiger partial charge in [-0.1, -0.05) is 29.8 Å². The van der Waals surface area contributed by atoms with E-state index in [1.807, 2.05) is 38.1 Å². The third-order valence-corrected chi connectivity index (χ3v) is 3.62. The van der Waals surface area contributed by atoms with Gasteiger partial charge in [0.15, 0.2) is 6.29 Å². The van der Waals surface area contributed by atoms with Crippen molar-refractivity contribution in [3.8, 4) is 17.3 Å². The summed E-state index contributed by atoms with van der Waals surface area (Å²) in [5.74, 6) is 0. The van der Waals surface area contributed by atoms with Crippen molar-refractivity contribution in [1.29, 1.82) is 5.26 Å². The van der Waals surface area contributed by atoms with Crippen molar-refractivity contribution in [3.05, 3.63) is 58.9 Å². The Bertz CT molecular complexity index is 883. The molecule has 0 aliphatic heterocycles. The maximum absolute atomic E-state index is 11.6. The van der Waals surface area contributed by atoms with Gasteiger partial charge in [0.05, 0.1) is 5.56 Å². The SMILES string of the molecule is Cc1ccc(-c2nc3ccc(C#N)c(C)n3c2C=O)cc1. The number of imidazole rings is 1. The number of carbonyl (C=O) groups is 1. The summed E-state index contributed by atoms with van der Waals surface area (Å²) < 4.78 is 1.74. The summed E-state index contributed by atoms with van der Waals surface area (Å²) in [5.41, 5.74) is 5.10. The van der Waals surface area contributed by atoms with Crippen LogP contribution in [0.15, 0.2) is 36.4 Å². The third-order valence-electron chi connectivity index (χ3n) is 3.62. The van der Waals surface area contributed by atoms with Crippen LogP contribution in [0.3, 0.4) is 0 Å². The molecule has 0 N–H and O–H groups in total. The van der Waals surface area contributed by atoms with Crippen LogP contribution in [0.5, 0.6) is 0 Å². The number of rotatable bonds is 2. The highest BCUT2D eigenvalue weighted by Crippen LogP contribution is 2.25. The summed E-state index contributed by atoms with van der Waals surface area (Å²) in [7, 11) is 0. The Morgan fingerprint density at radius 2 is 1.86 bits per heavy atom. The molecule has 0 spiro atoms. The molecular weight excluding hydrogens is 262 g/mol. The molecule has 0 amide bonds. The number of aryl methyl sites for hydroxylation is 2. The summed E-state index contributed by atoms with van der Waals surface area (Å²) >= 11 is 0. The molecule has 3 rings (SSSR count). The minimum absolute atomic E-state index is 0.475. The highest BCUT2D eigenvalue weighted by atomic mass is 16.1. The van der Waals surface area contributed by atoms with E-state index < -0.39 is 0 Å². The van der Waals surface area contributed by atoms with E-state index in [9.17, 15) is 4.79 Å². The first kappa shape index (κ1) is 13.1. The molecule has 0 aliphatic carbocycles. The number of aromatic nitrogens is 2. The second-order valence-electron chi connectivity index (χ2n) is 4.97. The van der Waals surface area contributed by atoms with Gasteiger partial charge >= 0.3 is 0 Å². The van der Waals surface area contributed by atoms with Crippen LogP contribution in [0, 0.1) is 25.2 Å². The van der Waals surface area contributed by atoms with E-state index in [4.69, 9.17) is 5.26 Å². The van der Waals surface area contributed by atoms with Gasteiger partial charge in [0, 0.05) is 11.3 Å². The zero-order chi connectivity index (χ0) is 15.0. The van der Waals surface area contributed by atoms with Gasteiger partial charge in [0.25, 0.3) is 0 Å². The lowest BCUT2D eigenvalue weighted by Crippen LogP contribution is -1.99. The first-order valence-corrected chi connectivity index (χ1v) is 6.60. The van der Waals surface area contributed by atoms with Crippen molar-refractivity contribution in [2.24, 2.45) is 0 Å². The van der Waals surface area contributed by atoms with Gasteiger partial charge in [-0.3, -0.25) is 9.20 Å². The fraction of sp³-hybridized carbons (Fsp3) is 0.118. The highest BCUT2D eigenvalue weighted by Gasteiger charge is 2.16. The van der Waals surface area contributed by atoms with Gasteiger partial charge in [0.1, 0.15) is 23.1 Å². The number of carbonyl (C=O) groups excluding carboxylic acids is 1. The molecule has 2 aromatic heterocycles. The minimum Gasteiger partial charge on any atom is -0.296 e. The lowest BCUT2D eigenvalue weighted by Gasteiger charge is -2.03. The number of pyridine rings is 1. The van der Waals surface area contributed by atoms with Crippen molar-refractivity contribution in [3.63, 3.8) is 0 Å². The Morgan fingerprint density at radius 1 is 1.14 bits per heavy atom. The van der Waals surface area contributed by atoms with Crippen molar-refractivity contribution in [2.45, 2.75) is 13.8 Å². The van der Waals surface area contributed by atoms with E-state index in [0.717, 1.165) is 23.1 Å². The molecule has 0 atom stereocenters. The summed E-state index contributed by atoms with van der Waals surface area (Å²) in [6.07, 6.45) is 0.795. The van der Waals surface area contributed by atoms with Gasteiger partial charge < -0.3 is 0 Å². The van der Waals surface area contributed by atoms with Gasteiger partial charge in [0.2, 0.25) is 0 Å². The number of fused-ring (bicyclic) bond motifs is 1. The molecule has 3 aromatic rings. The van der Waals surface area contributed by atoms with Crippen LogP contribution in [0.25, 0.3) is 16.9 Å². The Morgan fingerprint density at radius 3 is 2.48 bits per heavy atom. The third kappa shape index (κ3) is 2.00. The maximum Gasteiger partial charge on any atom is 0.169 e. The van der Waals surface area contributed by atoms with Crippen LogP contribution >= 0.6 is 0 Å². The molecule has 0 aliphatic rings. The lowest BCUT2D eigenvalue weighted by molar-refractivity contribution is 0.111. The summed E-state index contributed by atoms with van der Waals surface area (Å²) in [6, 6.07) is 13.5. The van der Waals surface area contributed by atoms with Crippen molar-refractivity contribution >= 4 is 11.9 Å². The van der Waals surface area contributed by atoms with Gasteiger partial charge in [-0.2, -0.15) is 5.26 Å². The average molecular weight is 275 g/mol. The van der Waals surface area contributed by atoms with Crippen molar-refractivity contribution < 1.29 is 4.79 Å². The molecule has 102 valence electrons. The number of nitrogens with zero attached hydrogens (tertiary/aromatic N) is 3. The molecule has 0 unspecified atom stereocenters. The second kappa shape index (κ2) is 4.88. The van der Waals surface area contributed by atoms with Crippen LogP contribution in [0.2, 0.25) is 0 Å². The maximum atomic E-state index is 11.6. The normalized spacial score (nSPS) is 10.5. The zero-order valence-electron chi connectivity index (χ0n) is 11.8. The van der Waals surface area contributed by atoms with Gasteiger partial charge in [-0.15, -0.1) is 0 Å². The molecular formula is C17H13N3O. The first-order chi connectivity index (χ1) is 10.2. The quantitative estimate of drug-likeness (QED) is 0.674. The number of hydrogen-bond donors (Lipinski definition) is 0. The van der Waals surface area contributed by atoms with Crippen LogP contribution in [-0.2, 0) is 0 Å². The average Bonchev–Trinajstić information content (AvgIpc) is 2.88. The fourth-order valence-electron chi connectivity index (χ4n) is 2.46. The monoisotopic (exact) mass is 275 g/mol. The fourth-order valence-corrected chi connectivity index (χ4v) is 2.46. The Hall–Kier alpha value is -2.93.